The Hall–Kier alpha value is -5.11. The Balaban J connectivity index is 1.15. The Kier molecular flexibility index (Phi) is 5.38. The molecule has 8 heteroatoms. The monoisotopic (exact) mass is 530 g/mol. The fourth-order valence-electron chi connectivity index (χ4n) is 6.07. The molecule has 4 aliphatic rings. The highest BCUT2D eigenvalue weighted by molar-refractivity contribution is 6.24. The van der Waals surface area contributed by atoms with Crippen molar-refractivity contribution < 1.29 is 28.7 Å². The van der Waals surface area contributed by atoms with E-state index in [2.05, 4.69) is 5.32 Å². The van der Waals surface area contributed by atoms with Crippen LogP contribution in [-0.2, 0) is 9.59 Å². The lowest BCUT2D eigenvalue weighted by Crippen LogP contribution is -2.36. The van der Waals surface area contributed by atoms with E-state index in [9.17, 15) is 24.0 Å². The maximum absolute atomic E-state index is 13.5. The molecule has 2 heterocycles. The van der Waals surface area contributed by atoms with Gasteiger partial charge in [-0.05, 0) is 42.7 Å². The number of Topliss-reactive ketones (excluding diaryl/α,β-unsaturated/α-hetero) is 2. The third kappa shape index (κ3) is 3.56. The zero-order chi connectivity index (χ0) is 27.5. The van der Waals surface area contributed by atoms with E-state index in [1.165, 1.54) is 0 Å². The van der Waals surface area contributed by atoms with Crippen LogP contribution in [0.5, 0.6) is 5.75 Å². The number of imide groups is 1. The van der Waals surface area contributed by atoms with Crippen molar-refractivity contribution >= 4 is 35.0 Å². The van der Waals surface area contributed by atoms with Crippen molar-refractivity contribution in [2.75, 3.05) is 6.54 Å². The van der Waals surface area contributed by atoms with Gasteiger partial charge in [-0.3, -0.25) is 24.1 Å². The summed E-state index contributed by atoms with van der Waals surface area (Å²) in [5.41, 5.74) is 5.44. The summed E-state index contributed by atoms with van der Waals surface area (Å²) < 4.78 is 5.45. The van der Waals surface area contributed by atoms with E-state index in [-0.39, 0.29) is 28.4 Å². The molecule has 0 spiro atoms. The summed E-state index contributed by atoms with van der Waals surface area (Å²) in [5, 5.41) is 3.41. The maximum Gasteiger partial charge on any atom is 0.331 e. The number of dihydropyridines is 1. The molecule has 0 unspecified atom stereocenters. The highest BCUT2D eigenvalue weighted by Crippen LogP contribution is 2.48. The lowest BCUT2D eigenvalue weighted by atomic mass is 9.75. The number of nitrogens with zero attached hydrogens (tertiary/aromatic N) is 1. The van der Waals surface area contributed by atoms with E-state index in [4.69, 9.17) is 4.74 Å². The van der Waals surface area contributed by atoms with Crippen LogP contribution in [0.4, 0.5) is 0 Å². The molecule has 1 atom stereocenters. The van der Waals surface area contributed by atoms with Crippen LogP contribution < -0.4 is 10.1 Å². The Bertz CT molecular complexity index is 1710. The molecule has 0 fully saturated rings. The quantitative estimate of drug-likeness (QED) is 0.306. The van der Waals surface area contributed by atoms with Crippen LogP contribution in [0.3, 0.4) is 0 Å². The Morgan fingerprint density at radius 3 is 2.08 bits per heavy atom. The average Bonchev–Trinajstić information content (AvgIpc) is 3.39. The molecule has 40 heavy (non-hydrogen) atoms. The molecule has 3 aromatic rings. The molecular weight excluding hydrogens is 508 g/mol. The molecule has 3 aromatic carbocycles. The fourth-order valence-corrected chi connectivity index (χ4v) is 6.07. The van der Waals surface area contributed by atoms with Gasteiger partial charge in [-0.25, -0.2) is 4.79 Å². The van der Waals surface area contributed by atoms with Gasteiger partial charge in [0.15, 0.2) is 11.6 Å². The van der Waals surface area contributed by atoms with Crippen molar-refractivity contribution in [1.82, 2.24) is 10.2 Å². The lowest BCUT2D eigenvalue weighted by molar-refractivity contribution is -0.134. The van der Waals surface area contributed by atoms with Crippen molar-refractivity contribution in [3.05, 3.63) is 117 Å². The van der Waals surface area contributed by atoms with Crippen LogP contribution in [0.25, 0.3) is 5.70 Å². The first-order valence-electron chi connectivity index (χ1n) is 13.1. The third-order valence-corrected chi connectivity index (χ3v) is 7.87. The number of carbonyl (C=O) groups is 5. The molecule has 1 N–H and O–H groups in total. The standard InChI is InChI=1S/C32H22N2O6/c35-24-11-5-10-23-27(24)26(28-29(33-23)19-6-1-2-7-20(19)30(28)37)17-12-14-18(15-13-17)40-25(36)16-34-31(38)21-8-3-4-9-22(21)32(34)39/h1-4,6-9,12-15,26,33H,5,10-11,16H2/t26-/m0/s1. The van der Waals surface area contributed by atoms with Crippen LogP contribution in [0.2, 0.25) is 0 Å². The smallest absolute Gasteiger partial charge is 0.331 e. The van der Waals surface area contributed by atoms with Crippen molar-refractivity contribution in [2.45, 2.75) is 25.2 Å². The number of hydrogen-bond acceptors (Lipinski definition) is 7. The Labute approximate surface area is 228 Å². The molecule has 7 rings (SSSR count). The molecule has 0 bridgehead atoms. The van der Waals surface area contributed by atoms with E-state index in [0.29, 0.717) is 23.1 Å². The van der Waals surface area contributed by atoms with Gasteiger partial charge in [-0.15, -0.1) is 0 Å². The molecule has 0 radical (unpaired) electrons. The molecule has 0 saturated carbocycles. The second-order valence-corrected chi connectivity index (χ2v) is 10.2. The van der Waals surface area contributed by atoms with Gasteiger partial charge >= 0.3 is 5.97 Å². The molecule has 2 amide bonds. The number of hydrogen-bond donors (Lipinski definition) is 1. The number of ketones is 2. The predicted octanol–water partition coefficient (Wildman–Crippen LogP) is 4.19. The Morgan fingerprint density at radius 2 is 1.40 bits per heavy atom. The summed E-state index contributed by atoms with van der Waals surface area (Å²) in [6.45, 7) is -0.518. The summed E-state index contributed by atoms with van der Waals surface area (Å²) in [5.74, 6) is -2.24. The average molecular weight is 531 g/mol. The topological polar surface area (TPSA) is 110 Å². The summed E-state index contributed by atoms with van der Waals surface area (Å²) in [4.78, 5) is 65.4. The van der Waals surface area contributed by atoms with Gasteiger partial charge in [-0.1, -0.05) is 48.5 Å². The van der Waals surface area contributed by atoms with Crippen LogP contribution in [-0.4, -0.2) is 40.8 Å². The van der Waals surface area contributed by atoms with Crippen LogP contribution in [0.1, 0.15) is 67.4 Å². The van der Waals surface area contributed by atoms with Crippen LogP contribution >= 0.6 is 0 Å². The largest absolute Gasteiger partial charge is 0.425 e. The van der Waals surface area contributed by atoms with Gasteiger partial charge in [0.25, 0.3) is 11.8 Å². The van der Waals surface area contributed by atoms with Gasteiger partial charge in [0.1, 0.15) is 12.3 Å². The highest BCUT2D eigenvalue weighted by Gasteiger charge is 2.43. The van der Waals surface area contributed by atoms with E-state index < -0.39 is 30.2 Å². The minimum absolute atomic E-state index is 0.0190. The number of amides is 2. The van der Waals surface area contributed by atoms with Crippen molar-refractivity contribution in [3.63, 3.8) is 0 Å². The number of ether oxygens (including phenoxy) is 1. The maximum atomic E-state index is 13.5. The van der Waals surface area contributed by atoms with E-state index in [1.54, 1.807) is 54.6 Å². The van der Waals surface area contributed by atoms with Gasteiger partial charge < -0.3 is 10.1 Å². The highest BCUT2D eigenvalue weighted by atomic mass is 16.5. The zero-order valence-corrected chi connectivity index (χ0v) is 21.2. The molecule has 196 valence electrons. The number of benzene rings is 3. The van der Waals surface area contributed by atoms with Gasteiger partial charge in [0.05, 0.1) is 16.8 Å². The van der Waals surface area contributed by atoms with Crippen LogP contribution in [0, 0.1) is 0 Å². The van der Waals surface area contributed by atoms with Gasteiger partial charge in [0.2, 0.25) is 0 Å². The zero-order valence-electron chi connectivity index (χ0n) is 21.2. The molecule has 8 nitrogen and oxygen atoms in total. The number of esters is 1. The fraction of sp³-hybridized carbons (Fsp3) is 0.156. The first-order chi connectivity index (χ1) is 19.4. The van der Waals surface area contributed by atoms with Gasteiger partial charge in [-0.2, -0.15) is 0 Å². The van der Waals surface area contributed by atoms with Crippen LogP contribution in [0.15, 0.2) is 89.6 Å². The predicted molar refractivity (Wildman–Crippen MR) is 143 cm³/mol. The number of nitrogens with one attached hydrogen (secondary N) is 1. The molecule has 0 aromatic heterocycles. The summed E-state index contributed by atoms with van der Waals surface area (Å²) in [6.07, 6.45) is 1.89. The van der Waals surface area contributed by atoms with Crippen molar-refractivity contribution in [2.24, 2.45) is 0 Å². The number of rotatable bonds is 4. The SMILES string of the molecule is O=C(CN1C(=O)c2ccccc2C1=O)Oc1ccc([C@H]2C3=C(CCCC3=O)NC3=C2C(=O)c2ccccc23)cc1. The van der Waals surface area contributed by atoms with E-state index in [1.807, 2.05) is 18.2 Å². The lowest BCUT2D eigenvalue weighted by Gasteiger charge is -2.33. The molecule has 2 aliphatic carbocycles. The van der Waals surface area contributed by atoms with Crippen molar-refractivity contribution in [1.29, 1.82) is 0 Å². The van der Waals surface area contributed by atoms with Gasteiger partial charge in [0, 0.05) is 40.3 Å². The van der Waals surface area contributed by atoms with E-state index >= 15 is 0 Å². The normalized spacial score (nSPS) is 19.3. The number of allylic oxidation sites excluding steroid dienone is 3. The summed E-state index contributed by atoms with van der Waals surface area (Å²) >= 11 is 0. The first-order valence-corrected chi connectivity index (χ1v) is 13.1. The minimum Gasteiger partial charge on any atom is -0.425 e. The molecule has 2 aliphatic heterocycles. The number of carbonyl (C=O) groups excluding carboxylic acids is 5. The minimum atomic E-state index is -0.761. The third-order valence-electron chi connectivity index (χ3n) is 7.87. The molecule has 0 saturated heterocycles. The number of fused-ring (bicyclic) bond motifs is 3. The molecular formula is C32H22N2O6. The Morgan fingerprint density at radius 1 is 0.775 bits per heavy atom. The second kappa shape index (κ2) is 8.98. The summed E-state index contributed by atoms with van der Waals surface area (Å²) in [6, 6.07) is 20.5. The van der Waals surface area contributed by atoms with Crippen molar-refractivity contribution in [3.8, 4) is 5.75 Å². The summed E-state index contributed by atoms with van der Waals surface area (Å²) in [7, 11) is 0. The second-order valence-electron chi connectivity index (χ2n) is 10.2. The van der Waals surface area contributed by atoms with E-state index in [0.717, 1.165) is 40.3 Å². The first kappa shape index (κ1) is 24.0.